The van der Waals surface area contributed by atoms with E-state index >= 15 is 0 Å². The Hall–Kier alpha value is -1.92. The predicted octanol–water partition coefficient (Wildman–Crippen LogP) is 0.141. The summed E-state index contributed by atoms with van der Waals surface area (Å²) in [6.45, 7) is 3.36. The number of imide groups is 1. The average molecular weight is 284 g/mol. The van der Waals surface area contributed by atoms with Gasteiger partial charge in [-0.15, -0.1) is 0 Å². The summed E-state index contributed by atoms with van der Waals surface area (Å²) in [6.07, 6.45) is 0.386. The van der Waals surface area contributed by atoms with E-state index in [0.717, 1.165) is 4.90 Å². The van der Waals surface area contributed by atoms with Crippen molar-refractivity contribution in [2.24, 2.45) is 5.41 Å². The minimum Gasteiger partial charge on any atom is -0.481 e. The fourth-order valence-electron chi connectivity index (χ4n) is 2.20. The lowest BCUT2D eigenvalue weighted by atomic mass is 9.85. The molecule has 1 fully saturated rings. The standard InChI is InChI=1S/C13H20N2O5/c1-13(2,7-11(18)19)6-9(16)14-8-4-5-10(17)15(3)12(8)20/h8H,4-7H2,1-3H3,(H,14,16)(H,18,19). The summed E-state index contributed by atoms with van der Waals surface area (Å²) < 4.78 is 0. The normalized spacial score (nSPS) is 19.9. The lowest BCUT2D eigenvalue weighted by Crippen LogP contribution is -2.53. The second-order valence-electron chi connectivity index (χ2n) is 5.86. The van der Waals surface area contributed by atoms with E-state index in [2.05, 4.69) is 5.32 Å². The van der Waals surface area contributed by atoms with E-state index in [1.165, 1.54) is 7.05 Å². The van der Waals surface area contributed by atoms with Gasteiger partial charge < -0.3 is 10.4 Å². The number of likely N-dealkylation sites (N-methyl/N-ethyl adjacent to an activating group) is 1. The number of piperidine rings is 1. The van der Waals surface area contributed by atoms with Gasteiger partial charge in [0.05, 0.1) is 6.42 Å². The summed E-state index contributed by atoms with van der Waals surface area (Å²) in [6, 6.07) is -0.703. The first-order valence-corrected chi connectivity index (χ1v) is 6.44. The third-order valence-corrected chi connectivity index (χ3v) is 3.25. The van der Waals surface area contributed by atoms with Crippen LogP contribution in [0, 0.1) is 5.41 Å². The third-order valence-electron chi connectivity index (χ3n) is 3.25. The fraction of sp³-hybridized carbons (Fsp3) is 0.692. The topological polar surface area (TPSA) is 104 Å². The second kappa shape index (κ2) is 6.02. The molecule has 0 radical (unpaired) electrons. The van der Waals surface area contributed by atoms with Gasteiger partial charge in [0.15, 0.2) is 0 Å². The molecule has 20 heavy (non-hydrogen) atoms. The van der Waals surface area contributed by atoms with Crippen LogP contribution in [0.1, 0.15) is 39.5 Å². The highest BCUT2D eigenvalue weighted by Gasteiger charge is 2.34. The minimum atomic E-state index is -0.970. The highest BCUT2D eigenvalue weighted by molar-refractivity contribution is 6.01. The van der Waals surface area contributed by atoms with Gasteiger partial charge in [0, 0.05) is 19.9 Å². The molecule has 1 rings (SSSR count). The number of carboxylic acid groups (broad SMARTS) is 1. The SMILES string of the molecule is CN1C(=O)CCC(NC(=O)CC(C)(C)CC(=O)O)C1=O. The molecule has 112 valence electrons. The van der Waals surface area contributed by atoms with Gasteiger partial charge in [-0.2, -0.15) is 0 Å². The van der Waals surface area contributed by atoms with Crippen LogP contribution in [-0.2, 0) is 19.2 Å². The summed E-state index contributed by atoms with van der Waals surface area (Å²) >= 11 is 0. The fourth-order valence-corrected chi connectivity index (χ4v) is 2.20. The van der Waals surface area contributed by atoms with Crippen LogP contribution in [-0.4, -0.2) is 46.8 Å². The molecule has 3 amide bonds. The molecule has 1 aliphatic rings. The molecule has 0 aromatic carbocycles. The van der Waals surface area contributed by atoms with Crippen molar-refractivity contribution < 1.29 is 24.3 Å². The number of aliphatic carboxylic acids is 1. The summed E-state index contributed by atoms with van der Waals surface area (Å²) in [5.41, 5.74) is -0.685. The molecule has 1 saturated heterocycles. The van der Waals surface area contributed by atoms with E-state index in [-0.39, 0.29) is 37.5 Å². The molecule has 0 aliphatic carbocycles. The van der Waals surface area contributed by atoms with Gasteiger partial charge >= 0.3 is 5.97 Å². The number of hydrogen-bond donors (Lipinski definition) is 2. The van der Waals surface area contributed by atoms with Crippen molar-refractivity contribution >= 4 is 23.7 Å². The summed E-state index contributed by atoms with van der Waals surface area (Å²) in [7, 11) is 1.39. The van der Waals surface area contributed by atoms with Crippen LogP contribution in [0.5, 0.6) is 0 Å². The van der Waals surface area contributed by atoms with Gasteiger partial charge in [-0.1, -0.05) is 13.8 Å². The molecule has 1 heterocycles. The average Bonchev–Trinajstić information content (AvgIpc) is 2.27. The van der Waals surface area contributed by atoms with Crippen molar-refractivity contribution in [3.63, 3.8) is 0 Å². The molecule has 7 nitrogen and oxygen atoms in total. The number of amides is 3. The second-order valence-corrected chi connectivity index (χ2v) is 5.86. The minimum absolute atomic E-state index is 0.0146. The Labute approximate surface area is 117 Å². The number of likely N-dealkylation sites (tertiary alicyclic amines) is 1. The van der Waals surface area contributed by atoms with Gasteiger partial charge in [0.1, 0.15) is 6.04 Å². The molecule has 1 atom stereocenters. The number of nitrogens with zero attached hydrogens (tertiary/aromatic N) is 1. The molecule has 1 aliphatic heterocycles. The zero-order valence-electron chi connectivity index (χ0n) is 11.9. The van der Waals surface area contributed by atoms with Crippen LogP contribution in [0.15, 0.2) is 0 Å². The van der Waals surface area contributed by atoms with E-state index in [0.29, 0.717) is 0 Å². The van der Waals surface area contributed by atoms with Crippen molar-refractivity contribution in [3.05, 3.63) is 0 Å². The first-order chi connectivity index (χ1) is 9.12. The van der Waals surface area contributed by atoms with Crippen molar-refractivity contribution in [1.82, 2.24) is 10.2 Å². The summed E-state index contributed by atoms with van der Waals surface area (Å²) in [4.78, 5) is 46.7. The van der Waals surface area contributed by atoms with Crippen LogP contribution in [0.25, 0.3) is 0 Å². The highest BCUT2D eigenvalue weighted by Crippen LogP contribution is 2.25. The van der Waals surface area contributed by atoms with E-state index < -0.39 is 23.3 Å². The number of rotatable bonds is 5. The Morgan fingerprint density at radius 1 is 1.35 bits per heavy atom. The molecule has 0 spiro atoms. The van der Waals surface area contributed by atoms with E-state index in [4.69, 9.17) is 5.11 Å². The maximum absolute atomic E-state index is 11.9. The van der Waals surface area contributed by atoms with Crippen LogP contribution in [0.3, 0.4) is 0 Å². The summed E-state index contributed by atoms with van der Waals surface area (Å²) in [5, 5.41) is 11.3. The van der Waals surface area contributed by atoms with Crippen molar-refractivity contribution in [2.45, 2.75) is 45.6 Å². The maximum Gasteiger partial charge on any atom is 0.303 e. The quantitative estimate of drug-likeness (QED) is 0.699. The molecule has 0 bridgehead atoms. The zero-order chi connectivity index (χ0) is 15.5. The van der Waals surface area contributed by atoms with Gasteiger partial charge in [-0.05, 0) is 11.8 Å². The molecular weight excluding hydrogens is 264 g/mol. The molecule has 2 N–H and O–H groups in total. The van der Waals surface area contributed by atoms with Gasteiger partial charge in [0.2, 0.25) is 11.8 Å². The van der Waals surface area contributed by atoms with E-state index in [1.54, 1.807) is 13.8 Å². The largest absolute Gasteiger partial charge is 0.481 e. The van der Waals surface area contributed by atoms with E-state index in [9.17, 15) is 19.2 Å². The first-order valence-electron chi connectivity index (χ1n) is 6.44. The Bertz CT molecular complexity index is 444. The van der Waals surface area contributed by atoms with Gasteiger partial charge in [-0.3, -0.25) is 24.1 Å². The Morgan fingerprint density at radius 3 is 2.50 bits per heavy atom. The number of hydrogen-bond acceptors (Lipinski definition) is 4. The molecule has 1 unspecified atom stereocenters. The lowest BCUT2D eigenvalue weighted by Gasteiger charge is -2.29. The molecule has 0 aromatic rings. The lowest BCUT2D eigenvalue weighted by molar-refractivity contribution is -0.150. The summed E-state index contributed by atoms with van der Waals surface area (Å²) in [5.74, 6) is -2.03. The number of carbonyl (C=O) groups is 4. The Kier molecular flexibility index (Phi) is 4.86. The van der Waals surface area contributed by atoms with Crippen molar-refractivity contribution in [1.29, 1.82) is 0 Å². The first kappa shape index (κ1) is 16.1. The zero-order valence-corrected chi connectivity index (χ0v) is 11.9. The van der Waals surface area contributed by atoms with Crippen LogP contribution in [0.2, 0.25) is 0 Å². The Morgan fingerprint density at radius 2 is 1.95 bits per heavy atom. The molecule has 0 saturated carbocycles. The van der Waals surface area contributed by atoms with Gasteiger partial charge in [-0.25, -0.2) is 0 Å². The smallest absolute Gasteiger partial charge is 0.303 e. The monoisotopic (exact) mass is 284 g/mol. The van der Waals surface area contributed by atoms with Crippen molar-refractivity contribution in [2.75, 3.05) is 7.05 Å². The Balaban J connectivity index is 2.56. The molecule has 0 aromatic heterocycles. The van der Waals surface area contributed by atoms with Crippen LogP contribution in [0.4, 0.5) is 0 Å². The number of carbonyl (C=O) groups excluding carboxylic acids is 3. The maximum atomic E-state index is 11.9. The predicted molar refractivity (Wildman–Crippen MR) is 69.6 cm³/mol. The molecule has 7 heteroatoms. The van der Waals surface area contributed by atoms with Gasteiger partial charge in [0.25, 0.3) is 5.91 Å². The highest BCUT2D eigenvalue weighted by atomic mass is 16.4. The number of carboxylic acids is 1. The van der Waals surface area contributed by atoms with E-state index in [1.807, 2.05) is 0 Å². The van der Waals surface area contributed by atoms with Crippen molar-refractivity contribution in [3.8, 4) is 0 Å². The number of nitrogens with one attached hydrogen (secondary N) is 1. The van der Waals surface area contributed by atoms with Crippen LogP contribution < -0.4 is 5.32 Å². The van der Waals surface area contributed by atoms with Crippen LogP contribution >= 0.6 is 0 Å². The molecular formula is C13H20N2O5. The third kappa shape index (κ3) is 4.32.